The second kappa shape index (κ2) is 9.30. The van der Waals surface area contributed by atoms with Crippen molar-refractivity contribution in [2.24, 2.45) is 0 Å². The molecule has 2 aliphatic heterocycles. The summed E-state index contributed by atoms with van der Waals surface area (Å²) in [5, 5.41) is 10.3. The molecule has 0 amide bonds. The molecule has 1 unspecified atom stereocenters. The number of piperidine rings is 1. The van der Waals surface area contributed by atoms with Crippen molar-refractivity contribution in [2.75, 3.05) is 31.6 Å². The largest absolute Gasteiger partial charge is 0.521 e. The third-order valence-electron chi connectivity index (χ3n) is 6.14. The molecule has 2 aromatic rings. The number of likely N-dealkylation sites (tertiary alicyclic amines) is 1. The summed E-state index contributed by atoms with van der Waals surface area (Å²) in [5.74, 6) is 0.240. The van der Waals surface area contributed by atoms with Gasteiger partial charge in [0.2, 0.25) is 0 Å². The molecule has 2 aromatic carbocycles. The van der Waals surface area contributed by atoms with Gasteiger partial charge in [0.15, 0.2) is 0 Å². The number of fused-ring (bicyclic) bond motifs is 3. The minimum absolute atomic E-state index is 0. The van der Waals surface area contributed by atoms with Crippen LogP contribution in [0.15, 0.2) is 42.5 Å². The third kappa shape index (κ3) is 4.33. The first-order valence-electron chi connectivity index (χ1n) is 9.89. The Morgan fingerprint density at radius 3 is 2.71 bits per heavy atom. The molecule has 1 fully saturated rings. The van der Waals surface area contributed by atoms with Crippen molar-refractivity contribution in [1.82, 2.24) is 4.90 Å². The summed E-state index contributed by atoms with van der Waals surface area (Å²) in [7, 11) is 2.20. The predicted octanol–water partition coefficient (Wildman–Crippen LogP) is 4.42. The van der Waals surface area contributed by atoms with Gasteiger partial charge in [-0.3, -0.25) is 0 Å². The number of likely N-dealkylation sites (N-methyl/N-ethyl adjacent to an activating group) is 1. The van der Waals surface area contributed by atoms with E-state index in [9.17, 15) is 9.50 Å². The molecule has 0 aromatic heterocycles. The molecule has 28 heavy (non-hydrogen) atoms. The van der Waals surface area contributed by atoms with E-state index in [1.807, 2.05) is 0 Å². The van der Waals surface area contributed by atoms with Gasteiger partial charge in [0, 0.05) is 36.8 Å². The predicted molar refractivity (Wildman–Crippen MR) is 107 cm³/mol. The zero-order valence-corrected chi connectivity index (χ0v) is 20.8. The molecule has 148 valence electrons. The maximum atomic E-state index is 13.0. The number of aryl methyl sites for hydroxylation is 1. The molecule has 5 heteroatoms. The van der Waals surface area contributed by atoms with Crippen LogP contribution in [0.5, 0.6) is 0 Å². The Kier molecular flexibility index (Phi) is 7.26. The van der Waals surface area contributed by atoms with Gasteiger partial charge in [0.05, 0.1) is 6.10 Å². The molecule has 2 aliphatic rings. The molecule has 2 heterocycles. The van der Waals surface area contributed by atoms with Crippen LogP contribution < -0.4 is 4.90 Å². The van der Waals surface area contributed by atoms with E-state index in [1.165, 1.54) is 28.9 Å². The van der Waals surface area contributed by atoms with E-state index in [2.05, 4.69) is 42.0 Å². The average molecular weight is 606 g/mol. The van der Waals surface area contributed by atoms with E-state index >= 15 is 0 Å². The quantitative estimate of drug-likeness (QED) is 0.512. The van der Waals surface area contributed by atoms with E-state index in [-0.39, 0.29) is 36.9 Å². The molecule has 3 nitrogen and oxygen atoms in total. The number of rotatable bonds is 5. The number of benzene rings is 2. The standard InChI is InChI=1S/C23H28FN2O.U/c1-16-5-3-6-19-20-15-26(14-12-21(20)25(2)23(16)19)13-4-7-22(27)17-8-10-18(24)11-9-17;/h3,5-6,8-11,20,22,27H,4,7,12-15H2,1-2H3;/q-1;/t20-,22?;/m0./s1. The van der Waals surface area contributed by atoms with E-state index in [1.54, 1.807) is 18.2 Å². The molecule has 4 rings (SSSR count). The van der Waals surface area contributed by atoms with Gasteiger partial charge in [-0.15, -0.1) is 12.3 Å². The molecule has 0 bridgehead atoms. The second-order valence-corrected chi connectivity index (χ2v) is 7.88. The minimum Gasteiger partial charge on any atom is -0.521 e. The van der Waals surface area contributed by atoms with Crippen molar-refractivity contribution >= 4 is 5.69 Å². The van der Waals surface area contributed by atoms with Crippen molar-refractivity contribution in [3.05, 3.63) is 71.0 Å². The number of hydrogen-bond donors (Lipinski definition) is 1. The molecule has 0 aliphatic carbocycles. The van der Waals surface area contributed by atoms with Crippen LogP contribution in [0, 0.1) is 49.9 Å². The van der Waals surface area contributed by atoms with Gasteiger partial charge >= 0.3 is 0 Å². The Bertz CT molecular complexity index is 798. The van der Waals surface area contributed by atoms with Gasteiger partial charge in [-0.25, -0.2) is 10.4 Å². The van der Waals surface area contributed by atoms with Crippen molar-refractivity contribution in [3.63, 3.8) is 0 Å². The number of aliphatic hydroxyl groups excluding tert-OH is 1. The monoisotopic (exact) mass is 605 g/mol. The first-order valence-corrected chi connectivity index (χ1v) is 9.89. The number of hydrogen-bond acceptors (Lipinski definition) is 3. The normalized spacial score (nSPS) is 20.4. The summed E-state index contributed by atoms with van der Waals surface area (Å²) in [4.78, 5) is 4.93. The maximum absolute atomic E-state index is 13.0. The molecule has 2 atom stereocenters. The Balaban J connectivity index is 0.00000225. The van der Waals surface area contributed by atoms with Crippen LogP contribution in [0.25, 0.3) is 0 Å². The molecular formula is C23H28FN2OU-. The van der Waals surface area contributed by atoms with Gasteiger partial charge in [0.1, 0.15) is 5.82 Å². The molecule has 0 saturated carbocycles. The van der Waals surface area contributed by atoms with Crippen LogP contribution in [0.2, 0.25) is 0 Å². The van der Waals surface area contributed by atoms with Crippen molar-refractivity contribution in [2.45, 2.75) is 38.2 Å². The van der Waals surface area contributed by atoms with E-state index in [0.717, 1.165) is 38.0 Å². The first-order chi connectivity index (χ1) is 13.0. The smallest absolute Gasteiger partial charge is 0.123 e. The van der Waals surface area contributed by atoms with Crippen LogP contribution in [0.1, 0.15) is 48.0 Å². The average Bonchev–Trinajstić information content (AvgIpc) is 2.95. The summed E-state index contributed by atoms with van der Waals surface area (Å²) >= 11 is 0. The maximum Gasteiger partial charge on any atom is 0.123 e. The topological polar surface area (TPSA) is 26.7 Å². The van der Waals surface area contributed by atoms with Crippen LogP contribution in [0.4, 0.5) is 10.1 Å². The fraction of sp³-hybridized carbons (Fsp3) is 0.435. The Morgan fingerprint density at radius 2 is 1.96 bits per heavy atom. The van der Waals surface area contributed by atoms with Crippen molar-refractivity contribution < 1.29 is 40.6 Å². The summed E-state index contributed by atoms with van der Waals surface area (Å²) in [6, 6.07) is 14.4. The van der Waals surface area contributed by atoms with Gasteiger partial charge < -0.3 is 14.9 Å². The molecule has 0 spiro atoms. The number of anilines is 1. The summed E-state index contributed by atoms with van der Waals surface area (Å²) in [6.07, 6.45) is 2.24. The van der Waals surface area contributed by atoms with Crippen molar-refractivity contribution in [1.29, 1.82) is 0 Å². The summed E-state index contributed by atoms with van der Waals surface area (Å²) in [6.45, 7) is 5.33. The molecule has 1 saturated heterocycles. The van der Waals surface area contributed by atoms with Crippen LogP contribution in [-0.2, 0) is 0 Å². The fourth-order valence-corrected chi connectivity index (χ4v) is 4.71. The van der Waals surface area contributed by atoms with Gasteiger partial charge in [-0.1, -0.05) is 35.9 Å². The van der Waals surface area contributed by atoms with Crippen molar-refractivity contribution in [3.8, 4) is 0 Å². The number of nitrogens with zero attached hydrogens (tertiary/aromatic N) is 2. The van der Waals surface area contributed by atoms with E-state index < -0.39 is 6.10 Å². The van der Waals surface area contributed by atoms with Crippen LogP contribution >= 0.6 is 0 Å². The third-order valence-corrected chi connectivity index (χ3v) is 6.14. The SMILES string of the molecule is Cc1cccc2c1N(C)[C-]1CCN(CCCC(O)c3ccc(F)cc3)C[C@@H]21.[U]. The fourth-order valence-electron chi connectivity index (χ4n) is 4.71. The Labute approximate surface area is 191 Å². The zero-order chi connectivity index (χ0) is 19.0. The van der Waals surface area contributed by atoms with Gasteiger partial charge in [-0.05, 0) is 69.7 Å². The van der Waals surface area contributed by atoms with Crippen LogP contribution in [0.3, 0.4) is 0 Å². The number of para-hydroxylation sites is 1. The second-order valence-electron chi connectivity index (χ2n) is 7.88. The van der Waals surface area contributed by atoms with E-state index in [0.29, 0.717) is 12.3 Å². The Morgan fingerprint density at radius 1 is 1.21 bits per heavy atom. The summed E-state index contributed by atoms with van der Waals surface area (Å²) in [5.41, 5.74) is 5.01. The summed E-state index contributed by atoms with van der Waals surface area (Å²) < 4.78 is 13.0. The van der Waals surface area contributed by atoms with Crippen LogP contribution in [-0.4, -0.2) is 36.7 Å². The van der Waals surface area contributed by atoms with E-state index in [4.69, 9.17) is 0 Å². The minimum atomic E-state index is -0.515. The molecule has 1 N–H and O–H groups in total. The van der Waals surface area contributed by atoms with Gasteiger partial charge in [0.25, 0.3) is 0 Å². The molecular weight excluding hydrogens is 577 g/mol. The first kappa shape index (κ1) is 21.8. The van der Waals surface area contributed by atoms with Gasteiger partial charge in [-0.2, -0.15) is 0 Å². The Hall–Kier alpha value is -0.858. The zero-order valence-electron chi connectivity index (χ0n) is 16.7. The number of aliphatic hydroxyl groups is 1. The molecule has 0 radical (unpaired) electrons. The number of halogens is 1.